The van der Waals surface area contributed by atoms with E-state index in [4.69, 9.17) is 24.4 Å². The highest BCUT2D eigenvalue weighted by Gasteiger charge is 2.56. The van der Waals surface area contributed by atoms with Crippen LogP contribution in [0.3, 0.4) is 0 Å². The fourth-order valence-electron chi connectivity index (χ4n) is 10.0. The molecule has 82 heavy (non-hydrogen) atoms. The van der Waals surface area contributed by atoms with E-state index in [-0.39, 0.29) is 206 Å². The van der Waals surface area contributed by atoms with Crippen LogP contribution in [0.2, 0.25) is 0 Å². The molecule has 0 bridgehead atoms. The van der Waals surface area contributed by atoms with Gasteiger partial charge < -0.3 is 36.4 Å². The molecule has 4 heterocycles. The van der Waals surface area contributed by atoms with Crippen molar-refractivity contribution in [2.75, 3.05) is 25.1 Å². The van der Waals surface area contributed by atoms with E-state index in [1.807, 2.05) is 72.9 Å². The van der Waals surface area contributed by atoms with E-state index in [9.17, 15) is 28.8 Å². The molecule has 2 aromatic rings. The van der Waals surface area contributed by atoms with E-state index in [1.165, 1.54) is 0 Å². The molecule has 0 radical (unpaired) electrons. The van der Waals surface area contributed by atoms with Crippen molar-refractivity contribution in [2.24, 2.45) is 22.7 Å². The predicted molar refractivity (Wildman–Crippen MR) is 399 cm³/mol. The van der Waals surface area contributed by atoms with Gasteiger partial charge in [0.05, 0.1) is 22.3 Å². The molecule has 6 rings (SSSR count). The molecule has 13 nitrogen and oxygen atoms in total. The lowest BCUT2D eigenvalue weighted by molar-refractivity contribution is -0.144. The Bertz CT molecular complexity index is 2330. The molecule has 0 saturated carbocycles. The highest BCUT2D eigenvalue weighted by Crippen LogP contribution is 2.48. The Morgan fingerprint density at radius 1 is 0.683 bits per heavy atom. The molecular weight excluding hydrogens is 1300 g/mol. The number of carbonyl (C=O) groups excluding carboxylic acids is 6. The number of amides is 5. The number of nitrogens with one attached hydrogen (secondary N) is 5. The number of Topliss-reactive ketones (excluding diaryl/α,β-unsaturated/α-hetero) is 1. The maximum Gasteiger partial charge on any atom is 0.247 e. The van der Waals surface area contributed by atoms with E-state index in [0.29, 0.717) is 48.2 Å². The maximum atomic E-state index is 14.4. The number of thioether (sulfide) groups is 2. The lowest BCUT2D eigenvalue weighted by Crippen LogP contribution is -2.57. The van der Waals surface area contributed by atoms with Crippen LogP contribution in [0.4, 0.5) is 0 Å². The average Bonchev–Trinajstić information content (AvgIpc) is 3.68. The number of benzene rings is 2. The van der Waals surface area contributed by atoms with Crippen LogP contribution in [-0.4, -0.2) is 115 Å². The summed E-state index contributed by atoms with van der Waals surface area (Å²) < 4.78 is 0. The third-order valence-corrected chi connectivity index (χ3v) is 18.0. The number of hydrogen-bond acceptors (Lipinski definition) is 11. The van der Waals surface area contributed by atoms with Crippen LogP contribution < -0.4 is 26.6 Å². The van der Waals surface area contributed by atoms with Crippen molar-refractivity contribution < 1.29 is 28.8 Å². The third kappa shape index (κ3) is 23.0. The molecule has 0 spiro atoms. The van der Waals surface area contributed by atoms with Gasteiger partial charge in [-0.15, -0.1) is 23.5 Å². The van der Waals surface area contributed by atoms with Crippen molar-refractivity contribution in [3.05, 3.63) is 71.8 Å². The van der Waals surface area contributed by atoms with Crippen molar-refractivity contribution in [2.45, 2.75) is 147 Å². The van der Waals surface area contributed by atoms with Gasteiger partial charge in [-0.2, -0.15) is 135 Å². The topological polar surface area (TPSA) is 169 Å². The fourth-order valence-corrected chi connectivity index (χ4v) is 13.9. The number of fused-ring (bicyclic) bond motifs is 2. The quantitative estimate of drug-likeness (QED) is 0.0727. The SMILES string of the molecule is CC[C@@H](C)C(=S)N[C@H]1CCS[C@H]2CC(C)(C)[C@@H](C(=O)N[C@H](C(=O)CCC#CC#CCNC(=O)[C@@H](NC(=O)C3N4C(=O)[C@@H](CC(=S)[C@H](C)NC)CCS[C@H]4CC3(C)C)c3ccccc3)c3ccccc3)N2C1=O.S.S.S.S.S.S.S.S.S.S. The Balaban J connectivity index is -0.00000198. The molecule has 5 amide bonds. The maximum absolute atomic E-state index is 14.4. The molecule has 466 valence electrons. The Morgan fingerprint density at radius 2 is 1.15 bits per heavy atom. The van der Waals surface area contributed by atoms with Gasteiger partial charge in [0, 0.05) is 35.6 Å². The second-order valence-electron chi connectivity index (χ2n) is 20.7. The summed E-state index contributed by atoms with van der Waals surface area (Å²) in [5.74, 6) is 10.9. The molecule has 0 aliphatic carbocycles. The van der Waals surface area contributed by atoms with Crippen molar-refractivity contribution in [3.8, 4) is 23.7 Å². The van der Waals surface area contributed by atoms with Crippen LogP contribution in [0, 0.1) is 46.3 Å². The number of nitrogens with zero attached hydrogens (tertiary/aromatic N) is 2. The predicted octanol–water partition coefficient (Wildman–Crippen LogP) is 7.80. The van der Waals surface area contributed by atoms with E-state index in [0.717, 1.165) is 22.8 Å². The van der Waals surface area contributed by atoms with E-state index in [1.54, 1.807) is 69.7 Å². The van der Waals surface area contributed by atoms with Gasteiger partial charge in [0.15, 0.2) is 5.78 Å². The number of ketones is 1. The van der Waals surface area contributed by atoms with Gasteiger partial charge in [0.2, 0.25) is 29.5 Å². The monoisotopic (exact) mass is 1390 g/mol. The average molecular weight is 1400 g/mol. The van der Waals surface area contributed by atoms with E-state index < -0.39 is 52.9 Å². The highest BCUT2D eigenvalue weighted by molar-refractivity contribution is 8.00. The van der Waals surface area contributed by atoms with Gasteiger partial charge in [0.1, 0.15) is 30.2 Å². The van der Waals surface area contributed by atoms with Gasteiger partial charge in [0.25, 0.3) is 0 Å². The zero-order valence-corrected chi connectivity index (χ0v) is 61.1. The molecule has 27 heteroatoms. The van der Waals surface area contributed by atoms with Gasteiger partial charge >= 0.3 is 0 Å². The van der Waals surface area contributed by atoms with E-state index in [2.05, 4.69) is 57.2 Å². The molecule has 10 atom stereocenters. The largest absolute Gasteiger partial charge is 0.368 e. The summed E-state index contributed by atoms with van der Waals surface area (Å²) in [5.41, 5.74) is 0.0842. The molecule has 0 aromatic heterocycles. The molecule has 2 aromatic carbocycles. The Kier molecular flexibility index (Phi) is 45.6. The first-order chi connectivity index (χ1) is 34.3. The first-order valence-electron chi connectivity index (χ1n) is 25.1. The standard InChI is InChI=1S/C55H71N7O6S4.10H2S/c1-9-34(2)51(70)58-39-27-30-72-43-33-55(6,7)47(62(43)53(39)68)49(65)59-44(36-21-15-13-16-22-36)40(63)25-19-11-10-12-20-28-57-48(64)45(37-23-17-14-18-24-37)60-50(66)46-54(4,5)32-42-61(46)52(67)38(26-29-71-42)31-41(69)35(3)56-8;;;;;;;;;;/h13-18,21-24,34-35,38-39,42-47,56H,9,19,25-33H2,1-8H3,(H,57,64)(H,58,70)(H,59,65)(H,60,66);10*1H2/t34-,35+,38-,39+,42+,43+,44+,45+,46?,47-;;;;;;;;;;/m1........../s1. The number of thiocarbonyl (C=S) groups is 2. The number of hydrogen-bond donors (Lipinski definition) is 5. The minimum Gasteiger partial charge on any atom is -0.368 e. The van der Waals surface area contributed by atoms with Crippen LogP contribution in [0.5, 0.6) is 0 Å². The zero-order chi connectivity index (χ0) is 52.3. The summed E-state index contributed by atoms with van der Waals surface area (Å²) >= 11 is 14.7. The smallest absolute Gasteiger partial charge is 0.247 e. The molecule has 4 aliphatic heterocycles. The molecule has 4 saturated heterocycles. The number of rotatable bonds is 18. The number of carbonyl (C=O) groups is 6. The van der Waals surface area contributed by atoms with E-state index >= 15 is 0 Å². The second kappa shape index (κ2) is 41.8. The van der Waals surface area contributed by atoms with Gasteiger partial charge in [-0.3, -0.25) is 28.8 Å². The van der Waals surface area contributed by atoms with Crippen molar-refractivity contribution in [1.29, 1.82) is 0 Å². The lowest BCUT2D eigenvalue weighted by atomic mass is 9.83. The second-order valence-corrected chi connectivity index (χ2v) is 24.2. The van der Waals surface area contributed by atoms with Crippen LogP contribution in [0.15, 0.2) is 60.7 Å². The van der Waals surface area contributed by atoms with Gasteiger partial charge in [-0.05, 0) is 97.8 Å². The van der Waals surface area contributed by atoms with Crippen molar-refractivity contribution in [1.82, 2.24) is 36.4 Å². The summed E-state index contributed by atoms with van der Waals surface area (Å²) in [4.78, 5) is 90.1. The molecule has 4 fully saturated rings. The Morgan fingerprint density at radius 3 is 1.65 bits per heavy atom. The molecule has 5 N–H and O–H groups in total. The minimum absolute atomic E-state index is 0. The minimum atomic E-state index is -1.06. The normalized spacial score (nSPS) is 21.7. The van der Waals surface area contributed by atoms with Crippen LogP contribution in [-0.2, 0) is 28.8 Å². The van der Waals surface area contributed by atoms with Gasteiger partial charge in [-0.1, -0.05) is 138 Å². The third-order valence-electron chi connectivity index (χ3n) is 14.5. The summed E-state index contributed by atoms with van der Waals surface area (Å²) in [5, 5.41) is 15.0. The molecule has 1 unspecified atom stereocenters. The van der Waals surface area contributed by atoms with Gasteiger partial charge in [-0.25, -0.2) is 0 Å². The van der Waals surface area contributed by atoms with Crippen LogP contribution in [0.1, 0.15) is 123 Å². The highest BCUT2D eigenvalue weighted by atomic mass is 32.2. The lowest BCUT2D eigenvalue weighted by Gasteiger charge is -2.35. The molecular formula is C55H91N7O6S14. The summed E-state index contributed by atoms with van der Waals surface area (Å²) in [6.45, 7) is 14.0. The Labute approximate surface area is 577 Å². The summed E-state index contributed by atoms with van der Waals surface area (Å²) in [6, 6.07) is 13.8. The van der Waals surface area contributed by atoms with Crippen molar-refractivity contribution in [3.63, 3.8) is 0 Å². The fraction of sp³-hybridized carbons (Fsp3) is 0.564. The van der Waals surface area contributed by atoms with Crippen molar-refractivity contribution >= 4 is 228 Å². The summed E-state index contributed by atoms with van der Waals surface area (Å²) in [7, 11) is 1.84. The zero-order valence-electron chi connectivity index (χ0n) is 47.8. The Hall–Kier alpha value is -1.28. The molecule has 4 aliphatic rings. The van der Waals surface area contributed by atoms with Crippen LogP contribution in [0.25, 0.3) is 0 Å². The summed E-state index contributed by atoms with van der Waals surface area (Å²) in [6.07, 6.45) is 4.04. The van der Waals surface area contributed by atoms with Crippen LogP contribution >= 0.6 is 183 Å². The first kappa shape index (κ1) is 89.5. The first-order valence-corrected chi connectivity index (χ1v) is 28.1.